The molecule has 0 aromatic carbocycles. The zero-order valence-electron chi connectivity index (χ0n) is 13.3. The van der Waals surface area contributed by atoms with E-state index in [0.717, 1.165) is 31.3 Å². The van der Waals surface area contributed by atoms with Crippen molar-refractivity contribution in [3.8, 4) is 0 Å². The third-order valence-electron chi connectivity index (χ3n) is 4.88. The zero-order chi connectivity index (χ0) is 14.6. The summed E-state index contributed by atoms with van der Waals surface area (Å²) in [6, 6.07) is 0.381. The van der Waals surface area contributed by atoms with E-state index in [1.165, 1.54) is 13.5 Å². The highest BCUT2D eigenvalue weighted by atomic mass is 16.5. The number of carbonyl (C=O) groups excluding carboxylic acids is 1. The molecule has 1 aliphatic rings. The lowest BCUT2D eigenvalue weighted by molar-refractivity contribution is -0.148. The minimum atomic E-state index is -0.597. The van der Waals surface area contributed by atoms with Crippen molar-refractivity contribution in [1.82, 2.24) is 10.2 Å². The van der Waals surface area contributed by atoms with Crippen molar-refractivity contribution < 1.29 is 9.53 Å². The molecule has 4 nitrogen and oxygen atoms in total. The number of carbonyl (C=O) groups is 1. The molecule has 0 radical (unpaired) electrons. The third-order valence-corrected chi connectivity index (χ3v) is 4.88. The van der Waals surface area contributed by atoms with Crippen molar-refractivity contribution in [3.05, 3.63) is 0 Å². The van der Waals surface area contributed by atoms with Gasteiger partial charge in [0, 0.05) is 12.6 Å². The number of esters is 1. The second-order valence-electron chi connectivity index (χ2n) is 6.37. The maximum absolute atomic E-state index is 11.9. The summed E-state index contributed by atoms with van der Waals surface area (Å²) >= 11 is 0. The molecule has 4 atom stereocenters. The molecule has 4 unspecified atom stereocenters. The van der Waals surface area contributed by atoms with Crippen molar-refractivity contribution in [2.75, 3.05) is 27.2 Å². The number of nitrogens with zero attached hydrogens (tertiary/aromatic N) is 1. The summed E-state index contributed by atoms with van der Waals surface area (Å²) in [7, 11) is 3.28. The fourth-order valence-corrected chi connectivity index (χ4v) is 2.93. The normalized spacial score (nSPS) is 29.6. The monoisotopic (exact) mass is 270 g/mol. The lowest BCUT2D eigenvalue weighted by Gasteiger charge is -2.41. The predicted octanol–water partition coefficient (Wildman–Crippen LogP) is 1.89. The highest BCUT2D eigenvalue weighted by molar-refractivity contribution is 5.80. The summed E-state index contributed by atoms with van der Waals surface area (Å²) in [4.78, 5) is 14.4. The van der Waals surface area contributed by atoms with E-state index in [4.69, 9.17) is 4.74 Å². The van der Waals surface area contributed by atoms with Crippen molar-refractivity contribution in [2.45, 2.75) is 52.1 Å². The summed E-state index contributed by atoms with van der Waals surface area (Å²) in [6.07, 6.45) is 2.03. The van der Waals surface area contributed by atoms with Gasteiger partial charge in [0.05, 0.1) is 7.11 Å². The van der Waals surface area contributed by atoms with Gasteiger partial charge in [0.1, 0.15) is 5.54 Å². The van der Waals surface area contributed by atoms with Gasteiger partial charge in [-0.15, -0.1) is 0 Å². The van der Waals surface area contributed by atoms with Crippen LogP contribution in [0, 0.1) is 11.8 Å². The van der Waals surface area contributed by atoms with Crippen molar-refractivity contribution in [1.29, 1.82) is 0 Å². The lowest BCUT2D eigenvalue weighted by Crippen LogP contribution is -2.54. The molecule has 0 amide bonds. The zero-order valence-corrected chi connectivity index (χ0v) is 13.3. The molecule has 1 fully saturated rings. The maximum Gasteiger partial charge on any atom is 0.325 e. The van der Waals surface area contributed by atoms with Gasteiger partial charge in [0.25, 0.3) is 0 Å². The first-order valence-electron chi connectivity index (χ1n) is 7.35. The first-order chi connectivity index (χ1) is 8.84. The molecule has 0 aromatic heterocycles. The maximum atomic E-state index is 11.9. The van der Waals surface area contributed by atoms with Gasteiger partial charge in [-0.05, 0) is 52.1 Å². The summed E-state index contributed by atoms with van der Waals surface area (Å²) < 4.78 is 4.91. The van der Waals surface area contributed by atoms with E-state index in [2.05, 4.69) is 31.0 Å². The number of likely N-dealkylation sites (tertiary alicyclic amines) is 1. The van der Waals surface area contributed by atoms with Crippen LogP contribution in [0.3, 0.4) is 0 Å². The molecule has 19 heavy (non-hydrogen) atoms. The molecular formula is C15H30N2O2. The molecule has 0 spiro atoms. The number of rotatable bonds is 5. The average Bonchev–Trinajstić information content (AvgIpc) is 2.40. The fourth-order valence-electron chi connectivity index (χ4n) is 2.93. The smallest absolute Gasteiger partial charge is 0.325 e. The largest absolute Gasteiger partial charge is 0.468 e. The second-order valence-corrected chi connectivity index (χ2v) is 6.37. The topological polar surface area (TPSA) is 41.6 Å². The van der Waals surface area contributed by atoms with E-state index in [1.807, 2.05) is 14.0 Å². The molecule has 1 aliphatic heterocycles. The SMILES string of the molecule is CNC(C)(CC(C)N1CCC(C)C(C)C1)C(=O)OC. The van der Waals surface area contributed by atoms with Crippen LogP contribution in [0.4, 0.5) is 0 Å². The molecule has 0 saturated carbocycles. The van der Waals surface area contributed by atoms with Gasteiger partial charge in [0.2, 0.25) is 0 Å². The molecule has 0 aromatic rings. The standard InChI is InChI=1S/C15H30N2O2/c1-11-7-8-17(10-12(11)2)13(3)9-15(4,16-5)14(18)19-6/h11-13,16H,7-10H2,1-6H3. The number of hydrogen-bond donors (Lipinski definition) is 1. The third kappa shape index (κ3) is 3.93. The molecule has 4 heteroatoms. The van der Waals surface area contributed by atoms with Crippen LogP contribution in [0.1, 0.15) is 40.5 Å². The first-order valence-corrected chi connectivity index (χ1v) is 7.35. The van der Waals surface area contributed by atoms with E-state index < -0.39 is 5.54 Å². The van der Waals surface area contributed by atoms with E-state index in [0.29, 0.717) is 6.04 Å². The van der Waals surface area contributed by atoms with Crippen molar-refractivity contribution in [3.63, 3.8) is 0 Å². The lowest BCUT2D eigenvalue weighted by atomic mass is 9.86. The Hall–Kier alpha value is -0.610. The Labute approximate surface area is 117 Å². The van der Waals surface area contributed by atoms with Gasteiger partial charge in [-0.3, -0.25) is 4.79 Å². The summed E-state index contributed by atoms with van der Waals surface area (Å²) in [5, 5.41) is 3.12. The molecule has 1 saturated heterocycles. The number of hydrogen-bond acceptors (Lipinski definition) is 4. The van der Waals surface area contributed by atoms with Gasteiger partial charge in [-0.1, -0.05) is 13.8 Å². The molecule has 0 aliphatic carbocycles. The van der Waals surface area contributed by atoms with Crippen LogP contribution in [0.25, 0.3) is 0 Å². The summed E-state index contributed by atoms with van der Waals surface area (Å²) in [5.41, 5.74) is -0.597. The Morgan fingerprint density at radius 2 is 2.11 bits per heavy atom. The average molecular weight is 270 g/mol. The quantitative estimate of drug-likeness (QED) is 0.775. The number of methoxy groups -OCH3 is 1. The van der Waals surface area contributed by atoms with Gasteiger partial charge in [-0.25, -0.2) is 0 Å². The number of likely N-dealkylation sites (N-methyl/N-ethyl adjacent to an activating group) is 1. The van der Waals surface area contributed by atoms with Crippen LogP contribution >= 0.6 is 0 Å². The minimum Gasteiger partial charge on any atom is -0.468 e. The van der Waals surface area contributed by atoms with Crippen molar-refractivity contribution in [2.24, 2.45) is 11.8 Å². The van der Waals surface area contributed by atoms with Gasteiger partial charge < -0.3 is 15.0 Å². The van der Waals surface area contributed by atoms with Crippen LogP contribution in [-0.4, -0.2) is 49.7 Å². The Morgan fingerprint density at radius 1 is 1.47 bits per heavy atom. The van der Waals surface area contributed by atoms with Crippen LogP contribution in [0.5, 0.6) is 0 Å². The van der Waals surface area contributed by atoms with Crippen LogP contribution in [0.15, 0.2) is 0 Å². The molecule has 1 rings (SSSR count). The summed E-state index contributed by atoms with van der Waals surface area (Å²) in [6.45, 7) is 11.0. The highest BCUT2D eigenvalue weighted by Crippen LogP contribution is 2.26. The number of nitrogens with one attached hydrogen (secondary N) is 1. The Morgan fingerprint density at radius 3 is 2.58 bits per heavy atom. The first kappa shape index (κ1) is 16.4. The van der Waals surface area contributed by atoms with E-state index in [-0.39, 0.29) is 5.97 Å². The van der Waals surface area contributed by atoms with E-state index >= 15 is 0 Å². The minimum absolute atomic E-state index is 0.180. The molecular weight excluding hydrogens is 240 g/mol. The molecule has 1 N–H and O–H groups in total. The fraction of sp³-hybridized carbons (Fsp3) is 0.933. The second kappa shape index (κ2) is 6.71. The van der Waals surface area contributed by atoms with E-state index in [9.17, 15) is 4.79 Å². The Bertz CT molecular complexity index is 309. The van der Waals surface area contributed by atoms with Crippen LogP contribution in [0.2, 0.25) is 0 Å². The summed E-state index contributed by atoms with van der Waals surface area (Å²) in [5.74, 6) is 1.36. The Balaban J connectivity index is 2.63. The van der Waals surface area contributed by atoms with Crippen LogP contribution < -0.4 is 5.32 Å². The molecule has 1 heterocycles. The molecule has 112 valence electrons. The number of ether oxygens (including phenoxy) is 1. The highest BCUT2D eigenvalue weighted by Gasteiger charge is 2.36. The van der Waals surface area contributed by atoms with Gasteiger partial charge in [0.15, 0.2) is 0 Å². The number of piperidine rings is 1. The van der Waals surface area contributed by atoms with Crippen molar-refractivity contribution >= 4 is 5.97 Å². The van der Waals surface area contributed by atoms with Gasteiger partial charge >= 0.3 is 5.97 Å². The Kier molecular flexibility index (Phi) is 5.81. The predicted molar refractivity (Wildman–Crippen MR) is 78.1 cm³/mol. The van der Waals surface area contributed by atoms with Crippen LogP contribution in [-0.2, 0) is 9.53 Å². The molecule has 0 bridgehead atoms. The van der Waals surface area contributed by atoms with Gasteiger partial charge in [-0.2, -0.15) is 0 Å². The van der Waals surface area contributed by atoms with E-state index in [1.54, 1.807) is 0 Å².